The van der Waals surface area contributed by atoms with Crippen molar-refractivity contribution >= 4 is 11.7 Å². The van der Waals surface area contributed by atoms with Gasteiger partial charge in [-0.2, -0.15) is 13.2 Å². The van der Waals surface area contributed by atoms with Crippen molar-refractivity contribution in [1.29, 1.82) is 0 Å². The van der Waals surface area contributed by atoms with E-state index in [1.807, 2.05) is 13.8 Å². The van der Waals surface area contributed by atoms with Crippen molar-refractivity contribution in [2.45, 2.75) is 45.4 Å². The van der Waals surface area contributed by atoms with E-state index in [1.165, 1.54) is 0 Å². The summed E-state index contributed by atoms with van der Waals surface area (Å²) < 4.78 is 40.2. The molecule has 0 radical (unpaired) electrons. The van der Waals surface area contributed by atoms with Crippen molar-refractivity contribution in [3.8, 4) is 0 Å². The van der Waals surface area contributed by atoms with Gasteiger partial charge in [-0.25, -0.2) is 4.79 Å². The molecule has 104 valence electrons. The molecule has 7 heteroatoms. The molecule has 1 aliphatic rings. The van der Waals surface area contributed by atoms with E-state index in [4.69, 9.17) is 4.84 Å². The highest BCUT2D eigenvalue weighted by atomic mass is 19.4. The largest absolute Gasteiger partial charge is 0.453 e. The average molecular weight is 267 g/mol. The molecule has 0 aromatic rings. The third kappa shape index (κ3) is 3.36. The molecular weight excluding hydrogens is 251 g/mol. The molecule has 0 saturated heterocycles. The lowest BCUT2D eigenvalue weighted by molar-refractivity contribution is -0.201. The van der Waals surface area contributed by atoms with Gasteiger partial charge in [0.05, 0.1) is 5.71 Å². The molecule has 18 heavy (non-hydrogen) atoms. The molecule has 0 aliphatic carbocycles. The molecule has 1 unspecified atom stereocenters. The quantitative estimate of drug-likeness (QED) is 0.736. The summed E-state index contributed by atoms with van der Waals surface area (Å²) in [6.07, 6.45) is -4.15. The van der Waals surface area contributed by atoms with Gasteiger partial charge in [-0.05, 0) is 12.3 Å². The van der Waals surface area contributed by atoms with E-state index in [2.05, 4.69) is 9.89 Å². The maximum Gasteiger partial charge on any atom is 0.422 e. The Morgan fingerprint density at radius 2 is 2.17 bits per heavy atom. The van der Waals surface area contributed by atoms with Crippen LogP contribution in [0.5, 0.6) is 0 Å². The zero-order chi connectivity index (χ0) is 14.0. The maximum atomic E-state index is 12.0. The van der Waals surface area contributed by atoms with Crippen LogP contribution in [-0.2, 0) is 14.4 Å². The molecule has 4 nitrogen and oxygen atoms in total. The van der Waals surface area contributed by atoms with Crippen LogP contribution in [0.2, 0.25) is 0 Å². The molecule has 1 rings (SSSR count). The molecule has 1 aliphatic heterocycles. The molecule has 0 amide bonds. The van der Waals surface area contributed by atoms with Gasteiger partial charge in [-0.15, -0.1) is 0 Å². The molecular formula is C11H16F3NO3. The van der Waals surface area contributed by atoms with Gasteiger partial charge in [0.25, 0.3) is 0 Å². The molecule has 0 aromatic heterocycles. The number of carbonyl (C=O) groups excluding carboxylic acids is 1. The first kappa shape index (κ1) is 14.8. The molecule has 0 saturated carbocycles. The number of hydrogen-bond donors (Lipinski definition) is 0. The summed E-state index contributed by atoms with van der Waals surface area (Å²) in [7, 11) is 0. The zero-order valence-electron chi connectivity index (χ0n) is 10.5. The van der Waals surface area contributed by atoms with E-state index in [1.54, 1.807) is 6.92 Å². The van der Waals surface area contributed by atoms with Gasteiger partial charge in [0, 0.05) is 6.42 Å². The Kier molecular flexibility index (Phi) is 4.24. The molecule has 0 bridgehead atoms. The van der Waals surface area contributed by atoms with E-state index >= 15 is 0 Å². The second kappa shape index (κ2) is 5.16. The highest BCUT2D eigenvalue weighted by Gasteiger charge is 2.48. The second-order valence-corrected chi connectivity index (χ2v) is 4.54. The Bertz CT molecular complexity index is 352. The van der Waals surface area contributed by atoms with Crippen LogP contribution in [0.25, 0.3) is 0 Å². The van der Waals surface area contributed by atoms with Crippen molar-refractivity contribution in [3.63, 3.8) is 0 Å². The van der Waals surface area contributed by atoms with Gasteiger partial charge >= 0.3 is 12.1 Å². The fraction of sp³-hybridized carbons (Fsp3) is 0.818. The number of nitrogens with zero attached hydrogens (tertiary/aromatic N) is 1. The summed E-state index contributed by atoms with van der Waals surface area (Å²) in [5.74, 6) is -0.935. The van der Waals surface area contributed by atoms with E-state index < -0.39 is 24.4 Å². The van der Waals surface area contributed by atoms with Crippen LogP contribution in [-0.4, -0.2) is 30.1 Å². The predicted molar refractivity (Wildman–Crippen MR) is 58.0 cm³/mol. The van der Waals surface area contributed by atoms with Crippen LogP contribution < -0.4 is 0 Å². The summed E-state index contributed by atoms with van der Waals surface area (Å²) in [6.45, 7) is 3.78. The van der Waals surface area contributed by atoms with E-state index in [9.17, 15) is 18.0 Å². The highest BCUT2D eigenvalue weighted by molar-refractivity contribution is 5.94. The fourth-order valence-corrected chi connectivity index (χ4v) is 1.53. The number of rotatable bonds is 4. The number of oxime groups is 1. The smallest absolute Gasteiger partial charge is 0.422 e. The van der Waals surface area contributed by atoms with Gasteiger partial charge in [-0.1, -0.05) is 25.9 Å². The Hall–Kier alpha value is -1.27. The Balaban J connectivity index is 2.65. The summed E-state index contributed by atoms with van der Waals surface area (Å²) >= 11 is 0. The first-order valence-corrected chi connectivity index (χ1v) is 5.69. The minimum atomic E-state index is -4.54. The summed E-state index contributed by atoms with van der Waals surface area (Å²) in [5, 5.41) is 3.76. The Morgan fingerprint density at radius 3 is 2.56 bits per heavy atom. The number of hydrogen-bond acceptors (Lipinski definition) is 4. The van der Waals surface area contributed by atoms with Gasteiger partial charge in [0.15, 0.2) is 6.61 Å². The van der Waals surface area contributed by atoms with E-state index in [0.29, 0.717) is 5.71 Å². The van der Waals surface area contributed by atoms with E-state index in [0.717, 1.165) is 0 Å². The number of ether oxygens (including phenoxy) is 1. The van der Waals surface area contributed by atoms with Crippen LogP contribution in [0.15, 0.2) is 5.16 Å². The first-order chi connectivity index (χ1) is 8.20. The minimum absolute atomic E-state index is 0.0776. The topological polar surface area (TPSA) is 47.9 Å². The molecule has 0 fully saturated rings. The number of carbonyl (C=O) groups is 1. The highest BCUT2D eigenvalue weighted by Crippen LogP contribution is 2.31. The van der Waals surface area contributed by atoms with Crippen LogP contribution in [0, 0.1) is 5.92 Å². The summed E-state index contributed by atoms with van der Waals surface area (Å²) in [6, 6.07) is 0. The van der Waals surface area contributed by atoms with Crippen molar-refractivity contribution in [3.05, 3.63) is 0 Å². The SMILES string of the molecule is CCC1(C(=O)OCC(F)(F)F)CC(C(C)C)=NO1. The third-order valence-corrected chi connectivity index (χ3v) is 2.78. The fourth-order valence-electron chi connectivity index (χ4n) is 1.53. The van der Waals surface area contributed by atoms with Crippen molar-refractivity contribution in [2.24, 2.45) is 11.1 Å². The van der Waals surface area contributed by atoms with E-state index in [-0.39, 0.29) is 18.8 Å². The van der Waals surface area contributed by atoms with Crippen molar-refractivity contribution in [2.75, 3.05) is 6.61 Å². The second-order valence-electron chi connectivity index (χ2n) is 4.54. The van der Waals surface area contributed by atoms with Gasteiger partial charge < -0.3 is 9.57 Å². The monoisotopic (exact) mass is 267 g/mol. The summed E-state index contributed by atoms with van der Waals surface area (Å²) in [5.41, 5.74) is -0.744. The molecule has 1 heterocycles. The standard InChI is InChI=1S/C11H16F3NO3/c1-4-10(5-8(7(2)3)15-18-10)9(16)17-6-11(12,13)14/h7H,4-6H2,1-3H3. The number of halogens is 3. The summed E-state index contributed by atoms with van der Waals surface area (Å²) in [4.78, 5) is 16.7. The van der Waals surface area contributed by atoms with Gasteiger partial charge in [0.1, 0.15) is 0 Å². The molecule has 0 spiro atoms. The lowest BCUT2D eigenvalue weighted by Crippen LogP contribution is -2.41. The molecule has 0 N–H and O–H groups in total. The van der Waals surface area contributed by atoms with Crippen molar-refractivity contribution < 1.29 is 27.5 Å². The third-order valence-electron chi connectivity index (χ3n) is 2.78. The van der Waals surface area contributed by atoms with Crippen LogP contribution in [0.4, 0.5) is 13.2 Å². The zero-order valence-corrected chi connectivity index (χ0v) is 10.5. The van der Waals surface area contributed by atoms with Crippen LogP contribution in [0.3, 0.4) is 0 Å². The average Bonchev–Trinajstić information content (AvgIpc) is 2.70. The lowest BCUT2D eigenvalue weighted by atomic mass is 9.90. The van der Waals surface area contributed by atoms with Crippen LogP contribution in [0.1, 0.15) is 33.6 Å². The van der Waals surface area contributed by atoms with Crippen LogP contribution >= 0.6 is 0 Å². The first-order valence-electron chi connectivity index (χ1n) is 5.69. The predicted octanol–water partition coefficient (Wildman–Crippen LogP) is 2.67. The van der Waals surface area contributed by atoms with Gasteiger partial charge in [0.2, 0.25) is 5.60 Å². The number of esters is 1. The molecule has 0 aromatic carbocycles. The van der Waals surface area contributed by atoms with Crippen molar-refractivity contribution in [1.82, 2.24) is 0 Å². The maximum absolute atomic E-state index is 12.0. The minimum Gasteiger partial charge on any atom is -0.453 e. The normalized spacial score (nSPS) is 23.8. The lowest BCUT2D eigenvalue weighted by Gasteiger charge is -2.23. The Labute approximate surface area is 103 Å². The van der Waals surface area contributed by atoms with Gasteiger partial charge in [-0.3, -0.25) is 0 Å². The number of alkyl halides is 3. The Morgan fingerprint density at radius 1 is 1.56 bits per heavy atom. The molecule has 1 atom stereocenters.